The number of carbonyl (C=O) groups is 2. The molecule has 0 fully saturated rings. The van der Waals surface area contributed by atoms with Gasteiger partial charge < -0.3 is 20.9 Å². The van der Waals surface area contributed by atoms with Crippen molar-refractivity contribution in [1.29, 1.82) is 0 Å². The van der Waals surface area contributed by atoms with E-state index in [4.69, 9.17) is 0 Å². The molecule has 0 aliphatic heterocycles. The summed E-state index contributed by atoms with van der Waals surface area (Å²) in [5.41, 5.74) is 2.37. The number of amides is 2. The van der Waals surface area contributed by atoms with Crippen LogP contribution in [0.4, 0.5) is 5.69 Å². The van der Waals surface area contributed by atoms with Crippen molar-refractivity contribution >= 4 is 23.5 Å². The van der Waals surface area contributed by atoms with E-state index in [1.165, 1.54) is 0 Å². The van der Waals surface area contributed by atoms with Gasteiger partial charge in [0.25, 0.3) is 5.91 Å². The summed E-state index contributed by atoms with van der Waals surface area (Å²) in [7, 11) is 3.45. The van der Waals surface area contributed by atoms with Crippen molar-refractivity contribution in [1.82, 2.24) is 15.5 Å². The molecular formula is C21H27N5O2. The Morgan fingerprint density at radius 1 is 0.964 bits per heavy atom. The minimum absolute atomic E-state index is 0.0329. The van der Waals surface area contributed by atoms with E-state index in [-0.39, 0.29) is 18.4 Å². The average molecular weight is 381 g/mol. The average Bonchev–Trinajstić information content (AvgIpc) is 2.70. The van der Waals surface area contributed by atoms with Crippen LogP contribution >= 0.6 is 0 Å². The number of nitrogens with one attached hydrogen (secondary N) is 3. The molecule has 2 amide bonds. The molecule has 0 radical (unpaired) electrons. The van der Waals surface area contributed by atoms with Crippen LogP contribution < -0.4 is 16.0 Å². The lowest BCUT2D eigenvalue weighted by Gasteiger charge is -2.12. The zero-order chi connectivity index (χ0) is 20.4. The van der Waals surface area contributed by atoms with Crippen molar-refractivity contribution < 1.29 is 9.59 Å². The molecule has 7 nitrogen and oxygen atoms in total. The fourth-order valence-corrected chi connectivity index (χ4v) is 2.41. The Labute approximate surface area is 165 Å². The van der Waals surface area contributed by atoms with Crippen molar-refractivity contribution in [3.05, 3.63) is 65.7 Å². The fourth-order valence-electron chi connectivity index (χ4n) is 2.41. The topological polar surface area (TPSA) is 85.8 Å². The Hall–Kier alpha value is -3.35. The first kappa shape index (κ1) is 21.0. The van der Waals surface area contributed by atoms with Crippen LogP contribution in [0.15, 0.2) is 59.6 Å². The van der Waals surface area contributed by atoms with Crippen LogP contribution in [-0.2, 0) is 11.3 Å². The third kappa shape index (κ3) is 6.75. The van der Waals surface area contributed by atoms with Gasteiger partial charge in [-0.3, -0.25) is 9.59 Å². The van der Waals surface area contributed by atoms with Gasteiger partial charge in [-0.05, 0) is 36.8 Å². The normalized spacial score (nSPS) is 10.9. The van der Waals surface area contributed by atoms with Gasteiger partial charge in [0, 0.05) is 31.9 Å². The Morgan fingerprint density at radius 2 is 1.64 bits per heavy atom. The minimum atomic E-state index is -0.150. The molecule has 7 heteroatoms. The van der Waals surface area contributed by atoms with E-state index >= 15 is 0 Å². The molecule has 0 bridgehead atoms. The first-order valence-corrected chi connectivity index (χ1v) is 9.17. The Morgan fingerprint density at radius 3 is 2.25 bits per heavy atom. The van der Waals surface area contributed by atoms with Crippen LogP contribution in [0.3, 0.4) is 0 Å². The largest absolute Gasteiger partial charge is 0.357 e. The summed E-state index contributed by atoms with van der Waals surface area (Å²) >= 11 is 0. The van der Waals surface area contributed by atoms with Crippen LogP contribution in [-0.4, -0.2) is 49.9 Å². The number of carbonyl (C=O) groups excluding carboxylic acids is 2. The summed E-state index contributed by atoms with van der Waals surface area (Å²) in [6.45, 7) is 3.19. The van der Waals surface area contributed by atoms with Crippen molar-refractivity contribution in [2.24, 2.45) is 4.99 Å². The predicted molar refractivity (Wildman–Crippen MR) is 112 cm³/mol. The van der Waals surface area contributed by atoms with Gasteiger partial charge in [-0.15, -0.1) is 0 Å². The SMILES string of the molecule is CCNC(=NCc1ccc(C(=O)N(C)C)cc1)NCC(=O)Nc1ccccc1. The Balaban J connectivity index is 1.90. The van der Waals surface area contributed by atoms with E-state index in [0.29, 0.717) is 24.6 Å². The highest BCUT2D eigenvalue weighted by atomic mass is 16.2. The fraction of sp³-hybridized carbons (Fsp3) is 0.286. The lowest BCUT2D eigenvalue weighted by molar-refractivity contribution is -0.115. The summed E-state index contributed by atoms with van der Waals surface area (Å²) in [5, 5.41) is 8.96. The van der Waals surface area contributed by atoms with E-state index in [2.05, 4.69) is 20.9 Å². The van der Waals surface area contributed by atoms with Crippen LogP contribution in [0.2, 0.25) is 0 Å². The number of rotatable bonds is 7. The number of benzene rings is 2. The standard InChI is InChI=1S/C21H27N5O2/c1-4-22-21(24-15-19(27)25-18-8-6-5-7-9-18)23-14-16-10-12-17(13-11-16)20(28)26(2)3/h5-13H,4,14-15H2,1-3H3,(H,25,27)(H2,22,23,24). The number of hydrogen-bond donors (Lipinski definition) is 3. The highest BCUT2D eigenvalue weighted by molar-refractivity contribution is 5.95. The molecule has 148 valence electrons. The Bertz CT molecular complexity index is 801. The molecule has 0 saturated heterocycles. The van der Waals surface area contributed by atoms with Crippen molar-refractivity contribution in [2.75, 3.05) is 32.5 Å². The van der Waals surface area contributed by atoms with Gasteiger partial charge in [0.05, 0.1) is 13.1 Å². The molecule has 0 heterocycles. The number of anilines is 1. The summed E-state index contributed by atoms with van der Waals surface area (Å²) < 4.78 is 0. The number of para-hydroxylation sites is 1. The number of nitrogens with zero attached hydrogens (tertiary/aromatic N) is 2. The van der Waals surface area contributed by atoms with Crippen LogP contribution in [0.5, 0.6) is 0 Å². The zero-order valence-corrected chi connectivity index (χ0v) is 16.5. The van der Waals surface area contributed by atoms with Crippen LogP contribution in [0.25, 0.3) is 0 Å². The second-order valence-electron chi connectivity index (χ2n) is 6.36. The monoisotopic (exact) mass is 381 g/mol. The first-order valence-electron chi connectivity index (χ1n) is 9.17. The summed E-state index contributed by atoms with van der Waals surface area (Å²) in [6.07, 6.45) is 0. The predicted octanol–water partition coefficient (Wildman–Crippen LogP) is 2.08. The van der Waals surface area contributed by atoms with E-state index in [1.807, 2.05) is 49.4 Å². The number of hydrogen-bond acceptors (Lipinski definition) is 3. The van der Waals surface area contributed by atoms with Crippen molar-refractivity contribution in [3.63, 3.8) is 0 Å². The van der Waals surface area contributed by atoms with Gasteiger partial charge in [-0.25, -0.2) is 4.99 Å². The molecule has 0 spiro atoms. The van der Waals surface area contributed by atoms with Crippen LogP contribution in [0.1, 0.15) is 22.8 Å². The van der Waals surface area contributed by atoms with E-state index < -0.39 is 0 Å². The highest BCUT2D eigenvalue weighted by Gasteiger charge is 2.07. The van der Waals surface area contributed by atoms with Crippen molar-refractivity contribution in [2.45, 2.75) is 13.5 Å². The van der Waals surface area contributed by atoms with Crippen molar-refractivity contribution in [3.8, 4) is 0 Å². The molecular weight excluding hydrogens is 354 g/mol. The van der Waals surface area contributed by atoms with Gasteiger partial charge in [0.2, 0.25) is 5.91 Å². The first-order chi connectivity index (χ1) is 13.5. The second-order valence-corrected chi connectivity index (χ2v) is 6.36. The van der Waals surface area contributed by atoms with Crippen LogP contribution in [0, 0.1) is 0 Å². The zero-order valence-electron chi connectivity index (χ0n) is 16.5. The van der Waals surface area contributed by atoms with Gasteiger partial charge in [0.1, 0.15) is 0 Å². The quantitative estimate of drug-likeness (QED) is 0.506. The van der Waals surface area contributed by atoms with Gasteiger partial charge in [0.15, 0.2) is 5.96 Å². The van der Waals surface area contributed by atoms with E-state index in [0.717, 1.165) is 11.3 Å². The number of guanidine groups is 1. The molecule has 0 aliphatic rings. The maximum Gasteiger partial charge on any atom is 0.253 e. The maximum absolute atomic E-state index is 12.1. The summed E-state index contributed by atoms with van der Waals surface area (Å²) in [4.78, 5) is 30.0. The minimum Gasteiger partial charge on any atom is -0.357 e. The molecule has 0 saturated carbocycles. The number of aliphatic imine (C=N–C) groups is 1. The summed E-state index contributed by atoms with van der Waals surface area (Å²) in [5.74, 6) is 0.372. The summed E-state index contributed by atoms with van der Waals surface area (Å²) in [6, 6.07) is 16.6. The lowest BCUT2D eigenvalue weighted by Crippen LogP contribution is -2.41. The third-order valence-corrected chi connectivity index (χ3v) is 3.84. The molecule has 3 N–H and O–H groups in total. The molecule has 28 heavy (non-hydrogen) atoms. The van der Waals surface area contributed by atoms with E-state index in [9.17, 15) is 9.59 Å². The Kier molecular flexibility index (Phi) is 8.02. The molecule has 2 aromatic carbocycles. The third-order valence-electron chi connectivity index (χ3n) is 3.84. The molecule has 2 rings (SSSR count). The molecule has 0 atom stereocenters. The van der Waals surface area contributed by atoms with Gasteiger partial charge in [-0.2, -0.15) is 0 Å². The maximum atomic E-state index is 12.1. The molecule has 0 unspecified atom stereocenters. The van der Waals surface area contributed by atoms with Gasteiger partial charge >= 0.3 is 0 Å². The highest BCUT2D eigenvalue weighted by Crippen LogP contribution is 2.07. The smallest absolute Gasteiger partial charge is 0.253 e. The second kappa shape index (κ2) is 10.7. The van der Waals surface area contributed by atoms with Gasteiger partial charge in [-0.1, -0.05) is 30.3 Å². The molecule has 2 aromatic rings. The lowest BCUT2D eigenvalue weighted by atomic mass is 10.1. The van der Waals surface area contributed by atoms with E-state index in [1.54, 1.807) is 31.1 Å². The molecule has 0 aromatic heterocycles. The molecule has 0 aliphatic carbocycles.